The molecule has 3 aromatic carbocycles. The molecule has 5 rings (SSSR count). The van der Waals surface area contributed by atoms with E-state index < -0.39 is 0 Å². The van der Waals surface area contributed by atoms with Gasteiger partial charge in [-0.3, -0.25) is 9.59 Å². The molecule has 0 radical (unpaired) electrons. The number of nitrogen functional groups attached to an aromatic ring is 1. The summed E-state index contributed by atoms with van der Waals surface area (Å²) in [7, 11) is 0. The average molecular weight is 512 g/mol. The maximum absolute atomic E-state index is 12.5. The Morgan fingerprint density at radius 2 is 1.64 bits per heavy atom. The Morgan fingerprint density at radius 1 is 0.861 bits per heavy atom. The lowest BCUT2D eigenvalue weighted by molar-refractivity contribution is 0.101. The number of nitrogens with one attached hydrogen (secondary N) is 2. The quantitative estimate of drug-likeness (QED) is 0.209. The first kappa shape index (κ1) is 23.4. The van der Waals surface area contributed by atoms with Crippen LogP contribution in [-0.4, -0.2) is 21.7 Å². The number of ketones is 1. The van der Waals surface area contributed by atoms with Crippen LogP contribution >= 0.6 is 22.7 Å². The summed E-state index contributed by atoms with van der Waals surface area (Å²) >= 11 is 2.89. The molecule has 0 fully saturated rings. The lowest BCUT2D eigenvalue weighted by Crippen LogP contribution is -2.11. The monoisotopic (exact) mass is 511 g/mol. The number of nitrogens with zero attached hydrogens (tertiary/aromatic N) is 2. The molecule has 0 saturated carbocycles. The van der Waals surface area contributed by atoms with Crippen LogP contribution in [0.3, 0.4) is 0 Å². The zero-order valence-electron chi connectivity index (χ0n) is 19.2. The lowest BCUT2D eigenvalue weighted by Gasteiger charge is -2.06. The lowest BCUT2D eigenvalue weighted by atomic mass is 10.1. The summed E-state index contributed by atoms with van der Waals surface area (Å²) in [6.45, 7) is 1.54. The molecule has 0 atom stereocenters. The van der Waals surface area contributed by atoms with E-state index in [2.05, 4.69) is 15.6 Å². The highest BCUT2D eigenvalue weighted by Crippen LogP contribution is 2.39. The fourth-order valence-electron chi connectivity index (χ4n) is 3.51. The number of thiazole rings is 2. The number of amides is 1. The van der Waals surface area contributed by atoms with E-state index in [1.807, 2.05) is 60.0 Å². The largest absolute Gasteiger partial charge is 0.382 e. The predicted molar refractivity (Wildman–Crippen MR) is 147 cm³/mol. The van der Waals surface area contributed by atoms with Gasteiger partial charge in [0.05, 0.1) is 5.69 Å². The van der Waals surface area contributed by atoms with Crippen LogP contribution in [0.2, 0.25) is 0 Å². The maximum Gasteiger partial charge on any atom is 0.255 e. The minimum absolute atomic E-state index is 0.0195. The Bertz CT molecular complexity index is 1540. The molecule has 9 heteroatoms. The average Bonchev–Trinajstić information content (AvgIpc) is 3.51. The van der Waals surface area contributed by atoms with E-state index in [0.29, 0.717) is 27.8 Å². The fraction of sp³-hybridized carbons (Fsp3) is 0.0370. The van der Waals surface area contributed by atoms with Crippen LogP contribution in [0.25, 0.3) is 21.1 Å². The van der Waals surface area contributed by atoms with Gasteiger partial charge in [-0.15, -0.1) is 11.3 Å². The Kier molecular flexibility index (Phi) is 6.57. The third-order valence-electron chi connectivity index (χ3n) is 5.35. The Hall–Kier alpha value is -4.34. The van der Waals surface area contributed by atoms with E-state index in [4.69, 9.17) is 10.7 Å². The van der Waals surface area contributed by atoms with Crippen LogP contribution in [0, 0.1) is 0 Å². The topological polar surface area (TPSA) is 110 Å². The molecule has 0 spiro atoms. The number of hydrogen-bond donors (Lipinski definition) is 3. The first-order valence-electron chi connectivity index (χ1n) is 11.0. The molecule has 178 valence electrons. The van der Waals surface area contributed by atoms with Crippen molar-refractivity contribution < 1.29 is 9.59 Å². The second-order valence-corrected chi connectivity index (χ2v) is 9.79. The van der Waals surface area contributed by atoms with Crippen molar-refractivity contribution in [1.29, 1.82) is 0 Å². The number of carbonyl (C=O) groups is 2. The first-order chi connectivity index (χ1) is 17.5. The number of anilines is 4. The third kappa shape index (κ3) is 5.17. The SMILES string of the molecule is CC(=O)c1ccc(Nc2nc(N)c(-c3nc(-c4cccc(NC(=O)c5ccccc5)c4)cs3)s2)cc1. The van der Waals surface area contributed by atoms with E-state index >= 15 is 0 Å². The minimum atomic E-state index is -0.167. The Morgan fingerprint density at radius 3 is 2.39 bits per heavy atom. The van der Waals surface area contributed by atoms with E-state index in [1.165, 1.54) is 29.6 Å². The molecule has 2 aromatic heterocycles. The van der Waals surface area contributed by atoms with Gasteiger partial charge in [-0.25, -0.2) is 9.97 Å². The second-order valence-electron chi connectivity index (χ2n) is 7.93. The molecule has 4 N–H and O–H groups in total. The second kappa shape index (κ2) is 10.1. The van der Waals surface area contributed by atoms with E-state index in [1.54, 1.807) is 24.3 Å². The Labute approximate surface area is 215 Å². The highest BCUT2D eigenvalue weighted by Gasteiger charge is 2.16. The predicted octanol–water partition coefficient (Wildman–Crippen LogP) is 6.71. The number of nitrogens with two attached hydrogens (primary N) is 1. The van der Waals surface area contributed by atoms with Crippen molar-refractivity contribution in [2.75, 3.05) is 16.4 Å². The van der Waals surface area contributed by atoms with E-state index in [0.717, 1.165) is 26.8 Å². The van der Waals surface area contributed by atoms with Gasteiger partial charge in [0.2, 0.25) is 0 Å². The number of hydrogen-bond acceptors (Lipinski definition) is 8. The fourth-order valence-corrected chi connectivity index (χ4v) is 5.34. The number of carbonyl (C=O) groups excluding carboxylic acids is 2. The Balaban J connectivity index is 1.32. The van der Waals surface area contributed by atoms with Crippen LogP contribution in [-0.2, 0) is 0 Å². The molecular weight excluding hydrogens is 490 g/mol. The summed E-state index contributed by atoms with van der Waals surface area (Å²) in [6.07, 6.45) is 0. The molecule has 36 heavy (non-hydrogen) atoms. The van der Waals surface area contributed by atoms with Gasteiger partial charge in [0, 0.05) is 33.4 Å². The van der Waals surface area contributed by atoms with Crippen molar-refractivity contribution in [3.05, 3.63) is 95.4 Å². The van der Waals surface area contributed by atoms with Crippen molar-refractivity contribution in [2.24, 2.45) is 0 Å². The molecular formula is C27H21N5O2S2. The number of benzene rings is 3. The third-order valence-corrected chi connectivity index (χ3v) is 7.33. The normalized spacial score (nSPS) is 10.7. The van der Waals surface area contributed by atoms with Crippen molar-refractivity contribution >= 4 is 56.7 Å². The highest BCUT2D eigenvalue weighted by atomic mass is 32.1. The van der Waals surface area contributed by atoms with Crippen LogP contribution in [0.15, 0.2) is 84.2 Å². The molecule has 0 aliphatic heterocycles. The first-order valence-corrected chi connectivity index (χ1v) is 12.7. The molecule has 0 saturated heterocycles. The minimum Gasteiger partial charge on any atom is -0.382 e. The molecule has 1 amide bonds. The van der Waals surface area contributed by atoms with Crippen LogP contribution in [0.4, 0.5) is 22.3 Å². The molecule has 0 aliphatic carbocycles. The molecule has 7 nitrogen and oxygen atoms in total. The molecule has 0 unspecified atom stereocenters. The van der Waals surface area contributed by atoms with Crippen molar-refractivity contribution in [1.82, 2.24) is 9.97 Å². The van der Waals surface area contributed by atoms with Gasteiger partial charge in [-0.05, 0) is 55.5 Å². The van der Waals surface area contributed by atoms with E-state index in [9.17, 15) is 9.59 Å². The van der Waals surface area contributed by atoms with Gasteiger partial charge in [0.25, 0.3) is 5.91 Å². The summed E-state index contributed by atoms with van der Waals surface area (Å²) in [5, 5.41) is 9.53. The summed E-state index contributed by atoms with van der Waals surface area (Å²) in [5.41, 5.74) is 10.6. The molecule has 0 aliphatic rings. The van der Waals surface area contributed by atoms with Crippen molar-refractivity contribution in [2.45, 2.75) is 6.92 Å². The van der Waals surface area contributed by atoms with Gasteiger partial charge in [-0.2, -0.15) is 0 Å². The molecule has 2 heterocycles. The summed E-state index contributed by atoms with van der Waals surface area (Å²) in [6, 6.07) is 23.9. The number of rotatable bonds is 7. The summed E-state index contributed by atoms with van der Waals surface area (Å²) < 4.78 is 0. The molecule has 5 aromatic rings. The van der Waals surface area contributed by atoms with Gasteiger partial charge < -0.3 is 16.4 Å². The van der Waals surface area contributed by atoms with Gasteiger partial charge in [-0.1, -0.05) is 41.7 Å². The van der Waals surface area contributed by atoms with Crippen LogP contribution in [0.1, 0.15) is 27.6 Å². The van der Waals surface area contributed by atoms with E-state index in [-0.39, 0.29) is 11.7 Å². The van der Waals surface area contributed by atoms with Crippen molar-refractivity contribution in [3.8, 4) is 21.1 Å². The van der Waals surface area contributed by atoms with Gasteiger partial charge in [0.1, 0.15) is 15.7 Å². The number of Topliss-reactive ketones (excluding diaryl/α,β-unsaturated/α-hetero) is 1. The zero-order valence-corrected chi connectivity index (χ0v) is 20.8. The number of aromatic nitrogens is 2. The molecule has 0 bridgehead atoms. The summed E-state index contributed by atoms with van der Waals surface area (Å²) in [4.78, 5) is 34.0. The van der Waals surface area contributed by atoms with Crippen LogP contribution in [0.5, 0.6) is 0 Å². The zero-order chi connectivity index (χ0) is 25.1. The van der Waals surface area contributed by atoms with Crippen LogP contribution < -0.4 is 16.4 Å². The highest BCUT2D eigenvalue weighted by molar-refractivity contribution is 7.23. The smallest absolute Gasteiger partial charge is 0.255 e. The standard InChI is InChI=1S/C27H21N5O2S2/c1-16(33)17-10-12-20(13-11-17)30-27-32-24(28)23(36-27)26-31-22(15-35-26)19-8-5-9-21(14-19)29-25(34)18-6-3-2-4-7-18/h2-15H,28H2,1H3,(H,29,34)(H,30,32). The van der Waals surface area contributed by atoms with Gasteiger partial charge in [0.15, 0.2) is 10.9 Å². The summed E-state index contributed by atoms with van der Waals surface area (Å²) in [5.74, 6) is 0.249. The van der Waals surface area contributed by atoms with Gasteiger partial charge >= 0.3 is 0 Å². The maximum atomic E-state index is 12.5. The van der Waals surface area contributed by atoms with Crippen molar-refractivity contribution in [3.63, 3.8) is 0 Å².